The number of nitrogens with zero attached hydrogens (tertiary/aromatic N) is 1. The van der Waals surface area contributed by atoms with Crippen LogP contribution in [-0.2, 0) is 40.9 Å². The zero-order valence-corrected chi connectivity index (χ0v) is 34.8. The van der Waals surface area contributed by atoms with E-state index in [1.165, 1.54) is 66.1 Å². The van der Waals surface area contributed by atoms with Gasteiger partial charge in [0, 0.05) is 0 Å². The van der Waals surface area contributed by atoms with Crippen molar-refractivity contribution in [3.8, 4) is 0 Å². The van der Waals surface area contributed by atoms with Crippen molar-refractivity contribution in [3.63, 3.8) is 0 Å². The second kappa shape index (κ2) is 15.8. The van der Waals surface area contributed by atoms with Crippen LogP contribution in [-0.4, -0.2) is 64.0 Å². The van der Waals surface area contributed by atoms with E-state index in [1.807, 2.05) is 6.07 Å². The number of para-hydroxylation sites is 1. The van der Waals surface area contributed by atoms with Crippen molar-refractivity contribution in [2.45, 2.75) is 142 Å². The summed E-state index contributed by atoms with van der Waals surface area (Å²) in [5, 5.41) is 1.14. The van der Waals surface area contributed by atoms with Gasteiger partial charge in [0.05, 0.1) is 0 Å². The third kappa shape index (κ3) is 7.67. The molecule has 2 heterocycles. The average Bonchev–Trinajstić information content (AvgIpc) is 3.51. The number of ether oxygens (including phenoxy) is 2. The van der Waals surface area contributed by atoms with Gasteiger partial charge < -0.3 is 0 Å². The summed E-state index contributed by atoms with van der Waals surface area (Å²) in [6.45, 7) is 20.9. The molecule has 0 bridgehead atoms. The molecule has 0 radical (unpaired) electrons. The van der Waals surface area contributed by atoms with Gasteiger partial charge in [0.2, 0.25) is 0 Å². The topological polar surface area (TPSA) is 66.8 Å². The van der Waals surface area contributed by atoms with Gasteiger partial charge >= 0.3 is 286 Å². The summed E-state index contributed by atoms with van der Waals surface area (Å²) >= 11 is -2.72. The number of fused-ring (bicyclic) bond motifs is 3. The van der Waals surface area contributed by atoms with Gasteiger partial charge in [-0.25, -0.2) is 0 Å². The number of carbonyl (C=O) groups is 2. The zero-order chi connectivity index (χ0) is 34.4. The molecule has 258 valence electrons. The van der Waals surface area contributed by atoms with E-state index in [4.69, 9.17) is 13.9 Å². The number of unbranched alkanes of at least 4 members (excludes halogenated alkanes) is 3. The molecule has 0 spiro atoms. The van der Waals surface area contributed by atoms with Crippen molar-refractivity contribution in [1.29, 1.82) is 0 Å². The molecule has 1 aromatic carbocycles. The van der Waals surface area contributed by atoms with Gasteiger partial charge in [-0.15, -0.1) is 0 Å². The quantitative estimate of drug-likeness (QED) is 0.0913. The number of hydrogen-bond donors (Lipinski definition) is 0. The summed E-state index contributed by atoms with van der Waals surface area (Å²) in [5.74, 6) is -1.10. The third-order valence-corrected chi connectivity index (χ3v) is 29.7. The molecule has 0 saturated carbocycles. The molecule has 1 aliphatic heterocycles. The van der Waals surface area contributed by atoms with Crippen molar-refractivity contribution in [2.75, 3.05) is 20.8 Å². The molecule has 8 heteroatoms. The van der Waals surface area contributed by atoms with Gasteiger partial charge in [-0.05, 0) is 0 Å². The third-order valence-electron chi connectivity index (χ3n) is 11.1. The summed E-state index contributed by atoms with van der Waals surface area (Å²) in [6, 6.07) is 8.36. The van der Waals surface area contributed by atoms with E-state index in [0.29, 0.717) is 13.0 Å². The Hall–Kier alpha value is -1.58. The molecule has 1 atom stereocenters. The maximum absolute atomic E-state index is 14.0. The molecule has 0 saturated heterocycles. The molecule has 0 aliphatic carbocycles. The van der Waals surface area contributed by atoms with Crippen molar-refractivity contribution in [1.82, 2.24) is 4.57 Å². The Kier molecular flexibility index (Phi) is 13.3. The van der Waals surface area contributed by atoms with Crippen LogP contribution < -0.4 is 0 Å². The number of hydrogen-bond acceptors (Lipinski definition) is 5. The normalized spacial score (nSPS) is 18.3. The molecule has 46 heavy (non-hydrogen) atoms. The van der Waals surface area contributed by atoms with Crippen molar-refractivity contribution < 1.29 is 23.5 Å². The number of rotatable bonds is 17. The van der Waals surface area contributed by atoms with Crippen LogP contribution in [0.2, 0.25) is 31.4 Å². The van der Waals surface area contributed by atoms with Crippen LogP contribution in [0.4, 0.5) is 0 Å². The van der Waals surface area contributed by atoms with Gasteiger partial charge in [-0.1, -0.05) is 0 Å². The molecule has 2 aromatic rings. The molecule has 6 nitrogen and oxygen atoms in total. The van der Waals surface area contributed by atoms with E-state index in [2.05, 4.69) is 94.5 Å². The van der Waals surface area contributed by atoms with Crippen LogP contribution in [0, 0.1) is 0 Å². The molecule has 1 aliphatic rings. The van der Waals surface area contributed by atoms with Crippen molar-refractivity contribution >= 4 is 49.5 Å². The molecular formula is C38H63NO5SiSn. The first-order valence-corrected chi connectivity index (χ1v) is 28.4. The van der Waals surface area contributed by atoms with Gasteiger partial charge in [0.15, 0.2) is 0 Å². The zero-order valence-electron chi connectivity index (χ0n) is 30.9. The Labute approximate surface area is 285 Å². The van der Waals surface area contributed by atoms with E-state index < -0.39 is 49.6 Å². The summed E-state index contributed by atoms with van der Waals surface area (Å²) in [5.41, 5.74) is 0.568. The molecular weight excluding hydrogens is 697 g/mol. The van der Waals surface area contributed by atoms with Crippen LogP contribution in [0.15, 0.2) is 34.4 Å². The minimum atomic E-state index is -2.72. The number of esters is 2. The molecule has 3 rings (SSSR count). The fourth-order valence-corrected chi connectivity index (χ4v) is 23.0. The Morgan fingerprint density at radius 3 is 1.93 bits per heavy atom. The molecule has 1 aromatic heterocycles. The van der Waals surface area contributed by atoms with Gasteiger partial charge in [0.25, 0.3) is 0 Å². The Balaban J connectivity index is 2.31. The van der Waals surface area contributed by atoms with Crippen LogP contribution >= 0.6 is 0 Å². The first kappa shape index (κ1) is 38.9. The van der Waals surface area contributed by atoms with Crippen LogP contribution in [0.1, 0.15) is 105 Å². The van der Waals surface area contributed by atoms with E-state index in [9.17, 15) is 9.59 Å². The molecule has 1 unspecified atom stereocenters. The SMILES string of the molecule is CCC[CH2][Sn](/[CH]=C/C1(C)CC(C(=O)OC)(C(=O)OC)c2c(CCO[Si](C)(C)C(C)(C)C)c3ccccc3n21)([CH2]CCC)[CH2]CCC. The summed E-state index contributed by atoms with van der Waals surface area (Å²) in [6.07, 6.45) is 10.7. The first-order valence-electron chi connectivity index (χ1n) is 17.8. The Morgan fingerprint density at radius 2 is 1.46 bits per heavy atom. The van der Waals surface area contributed by atoms with Gasteiger partial charge in [0.1, 0.15) is 0 Å². The predicted octanol–water partition coefficient (Wildman–Crippen LogP) is 9.85. The molecule has 0 amide bonds. The van der Waals surface area contributed by atoms with E-state index in [-0.39, 0.29) is 11.5 Å². The minimum absolute atomic E-state index is 0.0780. The fraction of sp³-hybridized carbons (Fsp3) is 0.684. The number of carbonyl (C=O) groups excluding carboxylic acids is 2. The van der Waals surface area contributed by atoms with Crippen molar-refractivity contribution in [2.24, 2.45) is 0 Å². The van der Waals surface area contributed by atoms with E-state index >= 15 is 0 Å². The van der Waals surface area contributed by atoms with Crippen molar-refractivity contribution in [3.05, 3.63) is 45.7 Å². The standard InChI is InChI=1S/C26H36NO5Si.3C4H9.Sn/c1-10-25(5)17-26(22(28)30-6,23(29)31-7)21-19(15-16-32-33(8,9)24(2,3)4)18-13-11-12-14-20(18)27(21)25;3*1-3-4-2;/h1,10-14H,15-17H2,2-9H3;3*1,3-4H2,2H3;. The van der Waals surface area contributed by atoms with E-state index in [1.54, 1.807) is 0 Å². The molecule has 0 fully saturated rings. The second-order valence-electron chi connectivity index (χ2n) is 15.5. The summed E-state index contributed by atoms with van der Waals surface area (Å²) in [4.78, 5) is 28.1. The average molecular weight is 761 g/mol. The molecule has 0 N–H and O–H groups in total. The Bertz CT molecular complexity index is 1340. The monoisotopic (exact) mass is 761 g/mol. The van der Waals surface area contributed by atoms with Gasteiger partial charge in [-0.3, -0.25) is 0 Å². The summed E-state index contributed by atoms with van der Waals surface area (Å²) < 4.78 is 26.7. The number of allylic oxidation sites excluding steroid dienone is 1. The first-order chi connectivity index (χ1) is 21.6. The second-order valence-corrected chi connectivity index (χ2v) is 33.3. The maximum atomic E-state index is 14.0. The predicted molar refractivity (Wildman–Crippen MR) is 197 cm³/mol. The van der Waals surface area contributed by atoms with Crippen LogP contribution in [0.5, 0.6) is 0 Å². The van der Waals surface area contributed by atoms with Crippen LogP contribution in [0.25, 0.3) is 10.9 Å². The summed E-state index contributed by atoms with van der Waals surface area (Å²) in [7, 11) is 0.750. The number of benzene rings is 1. The Morgan fingerprint density at radius 1 is 0.935 bits per heavy atom. The van der Waals surface area contributed by atoms with E-state index in [0.717, 1.165) is 22.2 Å². The van der Waals surface area contributed by atoms with Crippen LogP contribution in [0.3, 0.4) is 0 Å². The van der Waals surface area contributed by atoms with Gasteiger partial charge in [-0.2, -0.15) is 0 Å². The number of aromatic nitrogens is 1. The fourth-order valence-electron chi connectivity index (χ4n) is 7.33. The number of methoxy groups -OCH3 is 2.